The van der Waals surface area contributed by atoms with Gasteiger partial charge in [0, 0.05) is 18.0 Å². The second kappa shape index (κ2) is 3.29. The van der Waals surface area contributed by atoms with Gasteiger partial charge in [-0.3, -0.25) is 0 Å². The lowest BCUT2D eigenvalue weighted by Crippen LogP contribution is -1.79. The van der Waals surface area contributed by atoms with Crippen molar-refractivity contribution in [2.24, 2.45) is 0 Å². The summed E-state index contributed by atoms with van der Waals surface area (Å²) in [5.74, 6) is 0. The van der Waals surface area contributed by atoms with Crippen molar-refractivity contribution >= 4 is 11.3 Å². The summed E-state index contributed by atoms with van der Waals surface area (Å²) in [6, 6.07) is 2.03. The molecule has 0 radical (unpaired) electrons. The fourth-order valence-corrected chi connectivity index (χ4v) is 1.56. The average Bonchev–Trinajstić information content (AvgIpc) is 2.67. The Hall–Kier alpha value is -1.80. The van der Waals surface area contributed by atoms with Gasteiger partial charge in [-0.2, -0.15) is 5.26 Å². The molecule has 2 aromatic rings. The molecule has 62 valence electrons. The Morgan fingerprint density at radius 1 is 1.23 bits per heavy atom. The van der Waals surface area contributed by atoms with Gasteiger partial charge in [0.15, 0.2) is 0 Å². The summed E-state index contributed by atoms with van der Waals surface area (Å²) in [6.45, 7) is 0. The highest BCUT2D eigenvalue weighted by Gasteiger charge is 2.03. The lowest BCUT2D eigenvalue weighted by molar-refractivity contribution is 1.17. The van der Waals surface area contributed by atoms with Crippen molar-refractivity contribution in [3.63, 3.8) is 0 Å². The summed E-state index contributed by atoms with van der Waals surface area (Å²) < 4.78 is 0. The van der Waals surface area contributed by atoms with Gasteiger partial charge in [-0.15, -0.1) is 11.3 Å². The average molecular weight is 188 g/mol. The van der Waals surface area contributed by atoms with Gasteiger partial charge in [-0.25, -0.2) is 15.0 Å². The maximum Gasteiger partial charge on any atom is 0.127 e. The molecular weight excluding hydrogens is 184 g/mol. The van der Waals surface area contributed by atoms with E-state index in [1.54, 1.807) is 18.6 Å². The van der Waals surface area contributed by atoms with E-state index in [1.165, 1.54) is 17.7 Å². The van der Waals surface area contributed by atoms with Crippen LogP contribution >= 0.6 is 11.3 Å². The first-order chi connectivity index (χ1) is 6.40. The Kier molecular flexibility index (Phi) is 1.98. The summed E-state index contributed by atoms with van der Waals surface area (Å²) in [7, 11) is 0. The van der Waals surface area contributed by atoms with Crippen LogP contribution in [0.1, 0.15) is 4.88 Å². The highest BCUT2D eigenvalue weighted by atomic mass is 32.1. The number of nitriles is 1. The third-order valence-electron chi connectivity index (χ3n) is 1.42. The molecule has 0 fully saturated rings. The van der Waals surface area contributed by atoms with Gasteiger partial charge in [0.2, 0.25) is 0 Å². The van der Waals surface area contributed by atoms with Crippen LogP contribution in [0.5, 0.6) is 0 Å². The molecule has 0 bridgehead atoms. The van der Waals surface area contributed by atoms with Gasteiger partial charge in [0.1, 0.15) is 22.3 Å². The molecule has 2 heterocycles. The van der Waals surface area contributed by atoms with Gasteiger partial charge >= 0.3 is 0 Å². The quantitative estimate of drug-likeness (QED) is 0.679. The number of aromatic nitrogens is 3. The highest BCUT2D eigenvalue weighted by molar-refractivity contribution is 7.15. The van der Waals surface area contributed by atoms with Crippen LogP contribution in [0.2, 0.25) is 0 Å². The lowest BCUT2D eigenvalue weighted by atomic mass is 10.4. The van der Waals surface area contributed by atoms with Gasteiger partial charge < -0.3 is 0 Å². The molecule has 5 heteroatoms. The smallest absolute Gasteiger partial charge is 0.127 e. The second-order valence-corrected chi connectivity index (χ2v) is 3.30. The van der Waals surface area contributed by atoms with Gasteiger partial charge in [-0.05, 0) is 0 Å². The van der Waals surface area contributed by atoms with E-state index < -0.39 is 0 Å². The first-order valence-corrected chi connectivity index (χ1v) is 4.33. The zero-order chi connectivity index (χ0) is 9.10. The van der Waals surface area contributed by atoms with Gasteiger partial charge in [0.25, 0.3) is 0 Å². The number of nitrogens with zero attached hydrogens (tertiary/aromatic N) is 4. The summed E-state index contributed by atoms with van der Waals surface area (Å²) in [6.07, 6.45) is 6.36. The SMILES string of the molecule is N#Cc1cnc(-c2cncnc2)s1. The fourth-order valence-electron chi connectivity index (χ4n) is 0.869. The number of hydrogen-bond acceptors (Lipinski definition) is 5. The van der Waals surface area contributed by atoms with Crippen molar-refractivity contribution in [2.75, 3.05) is 0 Å². The molecule has 0 aliphatic heterocycles. The molecule has 0 aliphatic carbocycles. The molecule has 0 aromatic carbocycles. The largest absolute Gasteiger partial charge is 0.244 e. The number of thiazole rings is 1. The minimum absolute atomic E-state index is 0.596. The van der Waals surface area contributed by atoms with E-state index in [1.807, 2.05) is 6.07 Å². The summed E-state index contributed by atoms with van der Waals surface area (Å²) in [4.78, 5) is 12.4. The zero-order valence-corrected chi connectivity index (χ0v) is 7.32. The zero-order valence-electron chi connectivity index (χ0n) is 6.51. The van der Waals surface area contributed by atoms with Crippen LogP contribution in [0.3, 0.4) is 0 Å². The molecule has 0 unspecified atom stereocenters. The van der Waals surface area contributed by atoms with Crippen molar-refractivity contribution in [3.05, 3.63) is 29.8 Å². The molecule has 0 saturated carbocycles. The van der Waals surface area contributed by atoms with Crippen LogP contribution in [-0.2, 0) is 0 Å². The van der Waals surface area contributed by atoms with E-state index in [0.717, 1.165) is 10.6 Å². The molecule has 2 aromatic heterocycles. The molecule has 0 aliphatic rings. The molecule has 0 amide bonds. The maximum absolute atomic E-state index is 8.59. The minimum Gasteiger partial charge on any atom is -0.244 e. The van der Waals surface area contributed by atoms with Crippen molar-refractivity contribution in [1.82, 2.24) is 15.0 Å². The molecule has 0 spiro atoms. The van der Waals surface area contributed by atoms with E-state index in [-0.39, 0.29) is 0 Å². The van der Waals surface area contributed by atoms with Crippen LogP contribution in [0, 0.1) is 11.3 Å². The van der Waals surface area contributed by atoms with E-state index in [2.05, 4.69) is 15.0 Å². The van der Waals surface area contributed by atoms with Crippen LogP contribution in [0.4, 0.5) is 0 Å². The third-order valence-corrected chi connectivity index (χ3v) is 2.37. The Labute approximate surface area is 78.5 Å². The molecular formula is C8H4N4S. The number of rotatable bonds is 1. The van der Waals surface area contributed by atoms with Crippen molar-refractivity contribution in [2.45, 2.75) is 0 Å². The van der Waals surface area contributed by atoms with Crippen LogP contribution in [0.25, 0.3) is 10.6 Å². The van der Waals surface area contributed by atoms with Crippen LogP contribution < -0.4 is 0 Å². The van der Waals surface area contributed by atoms with E-state index >= 15 is 0 Å². The highest BCUT2D eigenvalue weighted by Crippen LogP contribution is 2.22. The first-order valence-electron chi connectivity index (χ1n) is 3.51. The van der Waals surface area contributed by atoms with E-state index in [9.17, 15) is 0 Å². The second-order valence-electron chi connectivity index (χ2n) is 2.27. The molecule has 2 rings (SSSR count). The summed E-state index contributed by atoms with van der Waals surface area (Å²) in [5.41, 5.74) is 0.842. The standard InChI is InChI=1S/C8H4N4S/c9-1-7-4-12-8(13-7)6-2-10-5-11-3-6/h2-5H. The Bertz CT molecular complexity index is 443. The van der Waals surface area contributed by atoms with Crippen LogP contribution in [-0.4, -0.2) is 15.0 Å². The topological polar surface area (TPSA) is 62.5 Å². The molecule has 13 heavy (non-hydrogen) atoms. The first kappa shape index (κ1) is 7.83. The maximum atomic E-state index is 8.59. The normalized spacial score (nSPS) is 9.46. The van der Waals surface area contributed by atoms with Gasteiger partial charge in [-0.1, -0.05) is 0 Å². The molecule has 4 nitrogen and oxygen atoms in total. The Morgan fingerprint density at radius 3 is 2.62 bits per heavy atom. The van der Waals surface area contributed by atoms with E-state index in [4.69, 9.17) is 5.26 Å². The minimum atomic E-state index is 0.596. The van der Waals surface area contributed by atoms with Crippen molar-refractivity contribution in [1.29, 1.82) is 5.26 Å². The van der Waals surface area contributed by atoms with Gasteiger partial charge in [0.05, 0.1) is 6.20 Å². The predicted octanol–water partition coefficient (Wildman–Crippen LogP) is 1.47. The molecule has 0 N–H and O–H groups in total. The molecule has 0 atom stereocenters. The fraction of sp³-hybridized carbons (Fsp3) is 0. The van der Waals surface area contributed by atoms with E-state index in [0.29, 0.717) is 4.88 Å². The lowest BCUT2D eigenvalue weighted by Gasteiger charge is -1.90. The monoisotopic (exact) mass is 188 g/mol. The molecule has 0 saturated heterocycles. The Balaban J connectivity index is 2.43. The summed E-state index contributed by atoms with van der Waals surface area (Å²) >= 11 is 1.33. The predicted molar refractivity (Wildman–Crippen MR) is 47.9 cm³/mol. The number of hydrogen-bond donors (Lipinski definition) is 0. The van der Waals surface area contributed by atoms with Crippen molar-refractivity contribution < 1.29 is 0 Å². The van der Waals surface area contributed by atoms with Crippen molar-refractivity contribution in [3.8, 4) is 16.6 Å². The summed E-state index contributed by atoms with van der Waals surface area (Å²) in [5, 5.41) is 9.36. The van der Waals surface area contributed by atoms with Crippen LogP contribution in [0.15, 0.2) is 24.9 Å². The third kappa shape index (κ3) is 1.53. The Morgan fingerprint density at radius 2 is 2.00 bits per heavy atom.